The van der Waals surface area contributed by atoms with Gasteiger partial charge in [0.1, 0.15) is 6.54 Å². The van der Waals surface area contributed by atoms with Gasteiger partial charge in [0.2, 0.25) is 0 Å². The molecular formula is C27H44N+. The molecule has 28 heavy (non-hydrogen) atoms. The minimum absolute atomic E-state index is 1.16. The zero-order chi connectivity index (χ0) is 19.7. The lowest BCUT2D eigenvalue weighted by Crippen LogP contribution is -2.32. The number of hydrogen-bond acceptors (Lipinski definition) is 0. The van der Waals surface area contributed by atoms with E-state index in [9.17, 15) is 0 Å². The predicted octanol–water partition coefficient (Wildman–Crippen LogP) is 8.39. The molecule has 0 bridgehead atoms. The van der Waals surface area contributed by atoms with Crippen LogP contribution in [0.3, 0.4) is 0 Å². The van der Waals surface area contributed by atoms with Crippen molar-refractivity contribution >= 4 is 10.8 Å². The number of aromatic nitrogens is 1. The summed E-state index contributed by atoms with van der Waals surface area (Å²) in [6, 6.07) is 10.9. The molecule has 0 amide bonds. The minimum Gasteiger partial charge on any atom is -0.205 e. The second kappa shape index (κ2) is 15.5. The highest BCUT2D eigenvalue weighted by atomic mass is 14.9. The summed E-state index contributed by atoms with van der Waals surface area (Å²) in [5.41, 5.74) is 0. The second-order valence-electron chi connectivity index (χ2n) is 8.61. The fourth-order valence-electron chi connectivity index (χ4n) is 4.16. The highest BCUT2D eigenvalue weighted by molar-refractivity contribution is 5.80. The van der Waals surface area contributed by atoms with Crippen molar-refractivity contribution in [1.29, 1.82) is 0 Å². The number of benzene rings is 1. The molecule has 0 aliphatic heterocycles. The molecule has 1 heterocycles. The van der Waals surface area contributed by atoms with Gasteiger partial charge in [-0.3, -0.25) is 0 Å². The molecule has 1 aromatic carbocycles. The van der Waals surface area contributed by atoms with Gasteiger partial charge in [0, 0.05) is 17.9 Å². The van der Waals surface area contributed by atoms with Crippen molar-refractivity contribution < 1.29 is 4.57 Å². The minimum atomic E-state index is 1.16. The molecule has 1 aromatic heterocycles. The molecule has 0 N–H and O–H groups in total. The Morgan fingerprint density at radius 1 is 0.536 bits per heavy atom. The van der Waals surface area contributed by atoms with Crippen molar-refractivity contribution in [2.45, 2.75) is 116 Å². The van der Waals surface area contributed by atoms with Crippen LogP contribution in [0.1, 0.15) is 110 Å². The Balaban J connectivity index is 1.35. The number of aryl methyl sites for hydroxylation is 1. The molecule has 0 saturated heterocycles. The number of unbranched alkanes of at least 4 members (excludes halogenated alkanes) is 15. The lowest BCUT2D eigenvalue weighted by atomic mass is 10.0. The van der Waals surface area contributed by atoms with Crippen molar-refractivity contribution in [2.75, 3.05) is 0 Å². The van der Waals surface area contributed by atoms with E-state index in [0.29, 0.717) is 0 Å². The maximum Gasteiger partial charge on any atom is 0.176 e. The number of nitrogens with zero attached hydrogens (tertiary/aromatic N) is 1. The van der Waals surface area contributed by atoms with Gasteiger partial charge < -0.3 is 0 Å². The van der Waals surface area contributed by atoms with E-state index in [-0.39, 0.29) is 0 Å². The van der Waals surface area contributed by atoms with Crippen LogP contribution in [0.4, 0.5) is 0 Å². The van der Waals surface area contributed by atoms with Crippen LogP contribution in [-0.4, -0.2) is 0 Å². The third-order valence-electron chi connectivity index (χ3n) is 6.02. The Hall–Kier alpha value is -1.37. The molecule has 156 valence electrons. The van der Waals surface area contributed by atoms with Crippen molar-refractivity contribution in [1.82, 2.24) is 0 Å². The Morgan fingerprint density at radius 2 is 1.00 bits per heavy atom. The molecule has 0 aliphatic rings. The SMILES string of the molecule is CCCCCCCCCCCCCCCCCC[n+]1ccc2ccccc2c1. The molecule has 0 spiro atoms. The van der Waals surface area contributed by atoms with Gasteiger partial charge in [-0.1, -0.05) is 115 Å². The number of fused-ring (bicyclic) bond motifs is 1. The van der Waals surface area contributed by atoms with Crippen LogP contribution in [0.5, 0.6) is 0 Å². The maximum atomic E-state index is 2.35. The van der Waals surface area contributed by atoms with Crippen molar-refractivity contribution in [3.05, 3.63) is 42.7 Å². The van der Waals surface area contributed by atoms with Gasteiger partial charge in [0.25, 0.3) is 0 Å². The van der Waals surface area contributed by atoms with Gasteiger partial charge >= 0.3 is 0 Å². The topological polar surface area (TPSA) is 3.88 Å². The molecule has 1 nitrogen and oxygen atoms in total. The van der Waals surface area contributed by atoms with Gasteiger partial charge in [-0.25, -0.2) is 4.57 Å². The van der Waals surface area contributed by atoms with E-state index in [2.05, 4.69) is 54.2 Å². The molecule has 2 aromatic rings. The predicted molar refractivity (Wildman–Crippen MR) is 124 cm³/mol. The first kappa shape index (κ1) is 22.9. The summed E-state index contributed by atoms with van der Waals surface area (Å²) in [4.78, 5) is 0. The van der Waals surface area contributed by atoms with Crippen LogP contribution in [0, 0.1) is 0 Å². The summed E-state index contributed by atoms with van der Waals surface area (Å²) in [6.07, 6.45) is 27.5. The highest BCUT2D eigenvalue weighted by Gasteiger charge is 2.02. The Kier molecular flexibility index (Phi) is 12.7. The number of pyridine rings is 1. The van der Waals surface area contributed by atoms with Crippen LogP contribution in [-0.2, 0) is 6.54 Å². The molecule has 0 saturated carbocycles. The molecule has 0 atom stereocenters. The van der Waals surface area contributed by atoms with E-state index in [1.54, 1.807) is 0 Å². The van der Waals surface area contributed by atoms with E-state index in [0.717, 1.165) is 6.54 Å². The summed E-state index contributed by atoms with van der Waals surface area (Å²) in [6.45, 7) is 3.45. The van der Waals surface area contributed by atoms with Gasteiger partial charge in [0.05, 0.1) is 0 Å². The van der Waals surface area contributed by atoms with Crippen LogP contribution in [0.2, 0.25) is 0 Å². The summed E-state index contributed by atoms with van der Waals surface area (Å²) in [5, 5.41) is 2.69. The molecule has 1 heteroatoms. The lowest BCUT2D eigenvalue weighted by molar-refractivity contribution is -0.696. The second-order valence-corrected chi connectivity index (χ2v) is 8.61. The first-order valence-electron chi connectivity index (χ1n) is 12.3. The average Bonchev–Trinajstić information content (AvgIpc) is 2.73. The van der Waals surface area contributed by atoms with Gasteiger partial charge in [-0.05, 0) is 17.9 Å². The summed E-state index contributed by atoms with van der Waals surface area (Å²) in [5.74, 6) is 0. The standard InChI is InChI=1S/C27H44N/c1-2-3-4-5-6-7-8-9-10-11-12-13-14-15-16-19-23-28-24-22-26-20-17-18-21-27(26)25-28/h17-18,20-22,24-25H,2-16,19,23H2,1H3/q+1. The normalized spacial score (nSPS) is 11.3. The largest absolute Gasteiger partial charge is 0.205 e. The summed E-state index contributed by atoms with van der Waals surface area (Å²) < 4.78 is 2.35. The zero-order valence-corrected chi connectivity index (χ0v) is 18.5. The van der Waals surface area contributed by atoms with Gasteiger partial charge in [-0.2, -0.15) is 0 Å². The third kappa shape index (κ3) is 10.2. The zero-order valence-electron chi connectivity index (χ0n) is 18.5. The van der Waals surface area contributed by atoms with E-state index < -0.39 is 0 Å². The molecule has 0 fully saturated rings. The monoisotopic (exact) mass is 382 g/mol. The number of hydrogen-bond donors (Lipinski definition) is 0. The third-order valence-corrected chi connectivity index (χ3v) is 6.02. The molecule has 0 radical (unpaired) electrons. The first-order valence-corrected chi connectivity index (χ1v) is 12.3. The van der Waals surface area contributed by atoms with E-state index in [1.165, 1.54) is 114 Å². The maximum absolute atomic E-state index is 2.35. The first-order chi connectivity index (χ1) is 13.9. The Labute approximate surface area is 174 Å². The van der Waals surface area contributed by atoms with E-state index in [1.807, 2.05) is 0 Å². The molecule has 2 rings (SSSR count). The Bertz CT molecular complexity index is 618. The van der Waals surface area contributed by atoms with Gasteiger partial charge in [-0.15, -0.1) is 0 Å². The van der Waals surface area contributed by atoms with Gasteiger partial charge in [0.15, 0.2) is 12.4 Å². The van der Waals surface area contributed by atoms with Crippen LogP contribution in [0.25, 0.3) is 10.8 Å². The van der Waals surface area contributed by atoms with Crippen molar-refractivity contribution in [2.24, 2.45) is 0 Å². The van der Waals surface area contributed by atoms with Crippen LogP contribution in [0.15, 0.2) is 42.7 Å². The van der Waals surface area contributed by atoms with E-state index >= 15 is 0 Å². The highest BCUT2D eigenvalue weighted by Crippen LogP contribution is 2.14. The van der Waals surface area contributed by atoms with E-state index in [4.69, 9.17) is 0 Å². The number of rotatable bonds is 17. The fraction of sp³-hybridized carbons (Fsp3) is 0.667. The lowest BCUT2D eigenvalue weighted by Gasteiger charge is -2.03. The summed E-state index contributed by atoms with van der Waals surface area (Å²) in [7, 11) is 0. The fourth-order valence-corrected chi connectivity index (χ4v) is 4.16. The average molecular weight is 383 g/mol. The quantitative estimate of drug-likeness (QED) is 0.191. The molecule has 0 aliphatic carbocycles. The van der Waals surface area contributed by atoms with Crippen LogP contribution >= 0.6 is 0 Å². The smallest absolute Gasteiger partial charge is 0.176 e. The summed E-state index contributed by atoms with van der Waals surface area (Å²) >= 11 is 0. The molecule has 0 unspecified atom stereocenters. The van der Waals surface area contributed by atoms with Crippen LogP contribution < -0.4 is 4.57 Å². The van der Waals surface area contributed by atoms with Crippen molar-refractivity contribution in [3.63, 3.8) is 0 Å². The molecular weight excluding hydrogens is 338 g/mol. The Morgan fingerprint density at radius 3 is 1.54 bits per heavy atom. The van der Waals surface area contributed by atoms with Crippen molar-refractivity contribution in [3.8, 4) is 0 Å².